The van der Waals surface area contributed by atoms with E-state index in [0.29, 0.717) is 0 Å². The summed E-state index contributed by atoms with van der Waals surface area (Å²) in [6.45, 7) is 0.758. The Hall–Kier alpha value is -2.03. The number of hydrogen-bond donors (Lipinski definition) is 1. The van der Waals surface area contributed by atoms with E-state index in [-0.39, 0.29) is 12.0 Å². The number of rotatable bonds is 2. The van der Waals surface area contributed by atoms with Crippen LogP contribution in [0.4, 0.5) is 0 Å². The topological polar surface area (TPSA) is 38.3 Å². The van der Waals surface area contributed by atoms with Gasteiger partial charge in [-0.1, -0.05) is 36.4 Å². The summed E-state index contributed by atoms with van der Waals surface area (Å²) in [5.41, 5.74) is 0. The minimum absolute atomic E-state index is 0.00539. The second-order valence-corrected chi connectivity index (χ2v) is 4.52. The molecule has 2 aromatic rings. The number of benzene rings is 2. The smallest absolute Gasteiger partial charge is 0.261 e. The Morgan fingerprint density at radius 3 is 2.83 bits per heavy atom. The molecule has 1 aliphatic rings. The van der Waals surface area contributed by atoms with Crippen LogP contribution in [0, 0.1) is 0 Å². The maximum atomic E-state index is 11.7. The van der Waals surface area contributed by atoms with Crippen LogP contribution >= 0.6 is 0 Å². The summed E-state index contributed by atoms with van der Waals surface area (Å²) >= 11 is 0. The monoisotopic (exact) mass is 241 g/mol. The summed E-state index contributed by atoms with van der Waals surface area (Å²) in [6, 6.07) is 14.0. The molecule has 1 heterocycles. The van der Waals surface area contributed by atoms with E-state index < -0.39 is 0 Å². The number of piperidine rings is 1. The molecule has 18 heavy (non-hydrogen) atoms. The zero-order valence-corrected chi connectivity index (χ0v) is 10.1. The highest BCUT2D eigenvalue weighted by atomic mass is 16.5. The first-order chi connectivity index (χ1) is 8.84. The van der Waals surface area contributed by atoms with E-state index in [0.717, 1.165) is 35.9 Å². The van der Waals surface area contributed by atoms with E-state index >= 15 is 0 Å². The quantitative estimate of drug-likeness (QED) is 0.877. The number of ether oxygens (including phenoxy) is 1. The van der Waals surface area contributed by atoms with E-state index in [1.807, 2.05) is 42.5 Å². The molecule has 0 bridgehead atoms. The molecule has 1 unspecified atom stereocenters. The lowest BCUT2D eigenvalue weighted by Crippen LogP contribution is -2.43. The fourth-order valence-corrected chi connectivity index (χ4v) is 2.31. The Balaban J connectivity index is 1.92. The molecule has 2 aromatic carbocycles. The van der Waals surface area contributed by atoms with Gasteiger partial charge in [-0.15, -0.1) is 0 Å². The van der Waals surface area contributed by atoms with Crippen LogP contribution in [0.25, 0.3) is 10.8 Å². The first-order valence-corrected chi connectivity index (χ1v) is 6.27. The van der Waals surface area contributed by atoms with E-state index in [1.54, 1.807) is 0 Å². The molecule has 3 heteroatoms. The Morgan fingerprint density at radius 1 is 1.11 bits per heavy atom. The summed E-state index contributed by atoms with van der Waals surface area (Å²) < 4.78 is 5.87. The van der Waals surface area contributed by atoms with Crippen molar-refractivity contribution in [2.45, 2.75) is 18.9 Å². The van der Waals surface area contributed by atoms with Crippen molar-refractivity contribution in [1.29, 1.82) is 0 Å². The first kappa shape index (κ1) is 11.1. The molecule has 0 aliphatic carbocycles. The SMILES string of the molecule is O=C1NCCCC1Oc1cccc2ccccc12. The predicted octanol–water partition coefficient (Wildman–Crippen LogP) is 2.50. The van der Waals surface area contributed by atoms with Crippen molar-refractivity contribution in [2.75, 3.05) is 6.54 Å². The number of nitrogens with one attached hydrogen (secondary N) is 1. The van der Waals surface area contributed by atoms with Crippen LogP contribution in [0.1, 0.15) is 12.8 Å². The molecule has 1 fully saturated rings. The summed E-state index contributed by atoms with van der Waals surface area (Å²) in [6.07, 6.45) is 1.40. The van der Waals surface area contributed by atoms with E-state index in [9.17, 15) is 4.79 Å². The van der Waals surface area contributed by atoms with Crippen molar-refractivity contribution in [1.82, 2.24) is 5.32 Å². The van der Waals surface area contributed by atoms with Crippen LogP contribution in [-0.4, -0.2) is 18.6 Å². The highest BCUT2D eigenvalue weighted by Gasteiger charge is 2.23. The van der Waals surface area contributed by atoms with Gasteiger partial charge in [0.1, 0.15) is 5.75 Å². The van der Waals surface area contributed by atoms with Crippen molar-refractivity contribution >= 4 is 16.7 Å². The van der Waals surface area contributed by atoms with E-state index in [4.69, 9.17) is 4.74 Å². The van der Waals surface area contributed by atoms with Gasteiger partial charge in [0.2, 0.25) is 0 Å². The van der Waals surface area contributed by atoms with Crippen molar-refractivity contribution in [2.24, 2.45) is 0 Å². The van der Waals surface area contributed by atoms with Gasteiger partial charge in [-0.25, -0.2) is 0 Å². The molecule has 1 amide bonds. The Bertz CT molecular complexity index is 574. The van der Waals surface area contributed by atoms with E-state index in [1.165, 1.54) is 0 Å². The maximum absolute atomic E-state index is 11.7. The molecule has 0 radical (unpaired) electrons. The van der Waals surface area contributed by atoms with Gasteiger partial charge in [0.25, 0.3) is 5.91 Å². The second-order valence-electron chi connectivity index (χ2n) is 4.52. The number of carbonyl (C=O) groups excluding carboxylic acids is 1. The van der Waals surface area contributed by atoms with Crippen molar-refractivity contribution in [3.05, 3.63) is 42.5 Å². The summed E-state index contributed by atoms with van der Waals surface area (Å²) in [5, 5.41) is 5.02. The molecule has 1 saturated heterocycles. The Kier molecular flexibility index (Phi) is 2.89. The molecule has 0 saturated carbocycles. The Morgan fingerprint density at radius 2 is 1.94 bits per heavy atom. The molecule has 3 nitrogen and oxygen atoms in total. The first-order valence-electron chi connectivity index (χ1n) is 6.27. The summed E-state index contributed by atoms with van der Waals surface area (Å²) in [7, 11) is 0. The molecule has 1 atom stereocenters. The van der Waals surface area contributed by atoms with Gasteiger partial charge in [-0.2, -0.15) is 0 Å². The molecule has 0 spiro atoms. The van der Waals surface area contributed by atoms with Crippen molar-refractivity contribution in [3.63, 3.8) is 0 Å². The molecule has 0 aromatic heterocycles. The van der Waals surface area contributed by atoms with Crippen molar-refractivity contribution < 1.29 is 9.53 Å². The number of hydrogen-bond acceptors (Lipinski definition) is 2. The third-order valence-corrected chi connectivity index (χ3v) is 3.25. The third-order valence-electron chi connectivity index (χ3n) is 3.25. The van der Waals surface area contributed by atoms with Crippen LogP contribution in [0.15, 0.2) is 42.5 Å². The lowest BCUT2D eigenvalue weighted by atomic mass is 10.1. The normalized spacial score (nSPS) is 19.6. The molecule has 1 aliphatic heterocycles. The minimum atomic E-state index is -0.357. The zero-order valence-electron chi connectivity index (χ0n) is 10.1. The van der Waals surface area contributed by atoms with Crippen LogP contribution in [-0.2, 0) is 4.79 Å². The average Bonchev–Trinajstić information content (AvgIpc) is 2.42. The second kappa shape index (κ2) is 4.69. The van der Waals surface area contributed by atoms with Gasteiger partial charge in [-0.3, -0.25) is 4.79 Å². The number of fused-ring (bicyclic) bond motifs is 1. The average molecular weight is 241 g/mol. The fraction of sp³-hybridized carbons (Fsp3) is 0.267. The molecule has 92 valence electrons. The van der Waals surface area contributed by atoms with Gasteiger partial charge in [0.05, 0.1) is 0 Å². The molecule has 3 rings (SSSR count). The summed E-state index contributed by atoms with van der Waals surface area (Å²) in [5.74, 6) is 0.782. The van der Waals surface area contributed by atoms with Crippen LogP contribution < -0.4 is 10.1 Å². The third kappa shape index (κ3) is 2.04. The van der Waals surface area contributed by atoms with Crippen molar-refractivity contribution in [3.8, 4) is 5.75 Å². The van der Waals surface area contributed by atoms with E-state index in [2.05, 4.69) is 5.32 Å². The summed E-state index contributed by atoms with van der Waals surface area (Å²) in [4.78, 5) is 11.7. The molecule has 1 N–H and O–H groups in total. The molecular formula is C15H15NO2. The number of amides is 1. The lowest BCUT2D eigenvalue weighted by Gasteiger charge is -2.23. The van der Waals surface area contributed by atoms with Crippen LogP contribution in [0.3, 0.4) is 0 Å². The fourth-order valence-electron chi connectivity index (χ4n) is 2.31. The zero-order chi connectivity index (χ0) is 12.4. The lowest BCUT2D eigenvalue weighted by molar-refractivity contribution is -0.129. The standard InChI is InChI=1S/C15H15NO2/c17-15-14(9-4-10-16-15)18-13-8-3-6-11-5-1-2-7-12(11)13/h1-3,5-8,14H,4,9-10H2,(H,16,17). The Labute approximate surface area is 106 Å². The highest BCUT2D eigenvalue weighted by molar-refractivity contribution is 5.89. The van der Waals surface area contributed by atoms with Gasteiger partial charge < -0.3 is 10.1 Å². The van der Waals surface area contributed by atoms with Gasteiger partial charge >= 0.3 is 0 Å². The van der Waals surface area contributed by atoms with Crippen LogP contribution in [0.2, 0.25) is 0 Å². The predicted molar refractivity (Wildman–Crippen MR) is 70.6 cm³/mol. The van der Waals surface area contributed by atoms with Gasteiger partial charge in [0.15, 0.2) is 6.10 Å². The number of carbonyl (C=O) groups is 1. The minimum Gasteiger partial charge on any atom is -0.480 e. The van der Waals surface area contributed by atoms with Gasteiger partial charge in [0, 0.05) is 11.9 Å². The largest absolute Gasteiger partial charge is 0.480 e. The highest BCUT2D eigenvalue weighted by Crippen LogP contribution is 2.27. The van der Waals surface area contributed by atoms with Gasteiger partial charge in [-0.05, 0) is 24.3 Å². The molecular weight excluding hydrogens is 226 g/mol. The maximum Gasteiger partial charge on any atom is 0.261 e. The van der Waals surface area contributed by atoms with Crippen LogP contribution in [0.5, 0.6) is 5.75 Å².